The molecule has 1 amide bonds. The van der Waals surface area contributed by atoms with Gasteiger partial charge in [-0.05, 0) is 48.2 Å². The molecule has 0 radical (unpaired) electrons. The maximum absolute atomic E-state index is 13.5. The molecule has 0 saturated heterocycles. The first kappa shape index (κ1) is 26.0. The van der Waals surface area contributed by atoms with E-state index in [0.717, 1.165) is 0 Å². The van der Waals surface area contributed by atoms with Crippen molar-refractivity contribution in [3.05, 3.63) is 76.1 Å². The van der Waals surface area contributed by atoms with Gasteiger partial charge >= 0.3 is 0 Å². The molecule has 38 heavy (non-hydrogen) atoms. The number of allylic oxidation sites excluding steroid dienone is 3. The first-order valence-corrected chi connectivity index (χ1v) is 13.9. The Kier molecular flexibility index (Phi) is 7.05. The normalized spacial score (nSPS) is 18.8. The lowest BCUT2D eigenvalue weighted by atomic mass is 9.69. The number of thioether (sulfide) groups is 1. The Bertz CT molecular complexity index is 1500. The summed E-state index contributed by atoms with van der Waals surface area (Å²) in [6.45, 7) is 4.05. The van der Waals surface area contributed by atoms with Crippen LogP contribution < -0.4 is 16.0 Å². The average Bonchev–Trinajstić information content (AvgIpc) is 3.55. The highest BCUT2D eigenvalue weighted by Crippen LogP contribution is 2.50. The minimum absolute atomic E-state index is 0.0547. The van der Waals surface area contributed by atoms with Crippen LogP contribution >= 0.6 is 34.7 Å². The fourth-order valence-electron chi connectivity index (χ4n) is 4.68. The van der Waals surface area contributed by atoms with Crippen molar-refractivity contribution in [2.75, 3.05) is 16.0 Å². The van der Waals surface area contributed by atoms with Crippen LogP contribution in [0.15, 0.2) is 74.1 Å². The topological polar surface area (TPSA) is 138 Å². The molecule has 5 rings (SSSR count). The number of nitrogens with zero attached hydrogens (tertiary/aromatic N) is 4. The van der Waals surface area contributed by atoms with Gasteiger partial charge in [0.1, 0.15) is 11.6 Å². The average molecular weight is 567 g/mol. The van der Waals surface area contributed by atoms with Crippen LogP contribution in [0.4, 0.5) is 10.8 Å². The predicted octanol–water partition coefficient (Wildman–Crippen LogP) is 5.46. The number of carbonyl (C=O) groups is 2. The lowest BCUT2D eigenvalue weighted by Gasteiger charge is -2.42. The van der Waals surface area contributed by atoms with Crippen molar-refractivity contribution in [1.29, 1.82) is 5.26 Å². The van der Waals surface area contributed by atoms with Crippen molar-refractivity contribution in [3.8, 4) is 6.07 Å². The summed E-state index contributed by atoms with van der Waals surface area (Å²) in [7, 11) is 0. The summed E-state index contributed by atoms with van der Waals surface area (Å²) < 4.78 is 6.18. The van der Waals surface area contributed by atoms with Crippen LogP contribution in [0.3, 0.4) is 0 Å². The quantitative estimate of drug-likeness (QED) is 0.372. The molecule has 0 fully saturated rings. The lowest BCUT2D eigenvalue weighted by Crippen LogP contribution is -2.42. The number of amides is 1. The van der Waals surface area contributed by atoms with Crippen molar-refractivity contribution >= 4 is 57.2 Å². The standard InChI is InChI=1S/C26H23ClN6O3S2/c1-26(2)10-17-22(18(34)11-26)21(19-4-3-9-36-19)16(12-28)23(29)33(17)24-31-32-25(38-24)37-13-20(35)30-15-7-5-14(27)6-8-15/h3-9,21H,10-11,13,29H2,1-2H3,(H,30,35). The number of ketones is 1. The maximum atomic E-state index is 13.5. The molecule has 2 aromatic heterocycles. The molecule has 3 N–H and O–H groups in total. The molecule has 2 aliphatic rings. The van der Waals surface area contributed by atoms with Gasteiger partial charge in [0, 0.05) is 28.4 Å². The highest BCUT2D eigenvalue weighted by molar-refractivity contribution is 8.01. The van der Waals surface area contributed by atoms with E-state index in [-0.39, 0.29) is 34.3 Å². The number of Topliss-reactive ketones (excluding diaryl/α,β-unsaturated/α-hetero) is 1. The SMILES string of the molecule is CC1(C)CC(=O)C2=C(C1)N(c1nnc(SCC(=O)Nc3ccc(Cl)cc3)s1)C(N)=C(C#N)C2c1ccco1. The summed E-state index contributed by atoms with van der Waals surface area (Å²) in [5, 5.41) is 22.5. The van der Waals surface area contributed by atoms with Crippen molar-refractivity contribution < 1.29 is 14.0 Å². The molecule has 1 unspecified atom stereocenters. The van der Waals surface area contributed by atoms with E-state index in [1.54, 1.807) is 41.3 Å². The molecule has 1 aromatic carbocycles. The van der Waals surface area contributed by atoms with E-state index in [1.807, 2.05) is 13.8 Å². The van der Waals surface area contributed by atoms with Crippen LogP contribution in [0.5, 0.6) is 0 Å². The van der Waals surface area contributed by atoms with Gasteiger partial charge in [0.2, 0.25) is 11.0 Å². The first-order chi connectivity index (χ1) is 18.2. The second-order valence-corrected chi connectivity index (χ2v) is 12.3. The Morgan fingerprint density at radius 3 is 2.76 bits per heavy atom. The number of nitrogens with two attached hydrogens (primary N) is 1. The van der Waals surface area contributed by atoms with Gasteiger partial charge in [0.05, 0.1) is 29.6 Å². The van der Waals surface area contributed by atoms with Crippen molar-refractivity contribution in [2.45, 2.75) is 36.9 Å². The molecule has 0 bridgehead atoms. The molecule has 1 aliphatic heterocycles. The van der Waals surface area contributed by atoms with Crippen LogP contribution in [-0.2, 0) is 9.59 Å². The number of rotatable bonds is 6. The number of benzene rings is 1. The van der Waals surface area contributed by atoms with Gasteiger partial charge < -0.3 is 15.5 Å². The van der Waals surface area contributed by atoms with Crippen molar-refractivity contribution in [1.82, 2.24) is 10.2 Å². The van der Waals surface area contributed by atoms with Gasteiger partial charge in [-0.1, -0.05) is 48.5 Å². The third kappa shape index (κ3) is 5.07. The van der Waals surface area contributed by atoms with Gasteiger partial charge in [0.15, 0.2) is 10.1 Å². The van der Waals surface area contributed by atoms with Crippen LogP contribution in [0.2, 0.25) is 5.02 Å². The van der Waals surface area contributed by atoms with E-state index in [9.17, 15) is 14.9 Å². The molecular formula is C26H23ClN6O3S2. The molecule has 9 nitrogen and oxygen atoms in total. The Hall–Kier alpha value is -3.59. The minimum Gasteiger partial charge on any atom is -0.468 e. The third-order valence-electron chi connectivity index (χ3n) is 6.25. The predicted molar refractivity (Wildman–Crippen MR) is 147 cm³/mol. The molecule has 0 saturated carbocycles. The van der Waals surface area contributed by atoms with Gasteiger partial charge in [-0.25, -0.2) is 0 Å². The monoisotopic (exact) mass is 566 g/mol. The number of anilines is 2. The number of hydrogen-bond donors (Lipinski definition) is 2. The van der Waals surface area contributed by atoms with Crippen LogP contribution in [0, 0.1) is 16.7 Å². The fraction of sp³-hybridized carbons (Fsp3) is 0.269. The molecule has 3 aromatic rings. The van der Waals surface area contributed by atoms with Crippen molar-refractivity contribution in [2.24, 2.45) is 11.1 Å². The summed E-state index contributed by atoms with van der Waals surface area (Å²) >= 11 is 8.36. The van der Waals surface area contributed by atoms with E-state index in [2.05, 4.69) is 21.6 Å². The number of hydrogen-bond acceptors (Lipinski definition) is 10. The molecule has 1 aliphatic carbocycles. The zero-order valence-electron chi connectivity index (χ0n) is 20.5. The number of nitrogens with one attached hydrogen (secondary N) is 1. The van der Waals surface area contributed by atoms with Gasteiger partial charge in [-0.15, -0.1) is 10.2 Å². The van der Waals surface area contributed by atoms with Gasteiger partial charge in [-0.3, -0.25) is 14.5 Å². The number of nitriles is 1. The molecule has 1 atom stereocenters. The van der Waals surface area contributed by atoms with Crippen LogP contribution in [-0.4, -0.2) is 27.6 Å². The first-order valence-electron chi connectivity index (χ1n) is 11.7. The van der Waals surface area contributed by atoms with E-state index >= 15 is 0 Å². The number of aromatic nitrogens is 2. The number of carbonyl (C=O) groups excluding carboxylic acids is 2. The van der Waals surface area contributed by atoms with Gasteiger partial charge in [0.25, 0.3) is 0 Å². The van der Waals surface area contributed by atoms with E-state index in [4.69, 9.17) is 21.8 Å². The Balaban J connectivity index is 1.43. The number of furan rings is 1. The van der Waals surface area contributed by atoms with E-state index in [0.29, 0.717) is 50.1 Å². The molecular weight excluding hydrogens is 544 g/mol. The Morgan fingerprint density at radius 1 is 1.32 bits per heavy atom. The summed E-state index contributed by atoms with van der Waals surface area (Å²) in [5.74, 6) is -0.143. The molecule has 12 heteroatoms. The fourth-order valence-corrected chi connectivity index (χ4v) is 6.48. The van der Waals surface area contributed by atoms with Crippen molar-refractivity contribution in [3.63, 3.8) is 0 Å². The third-order valence-corrected chi connectivity index (χ3v) is 8.54. The van der Waals surface area contributed by atoms with E-state index < -0.39 is 5.92 Å². The Morgan fingerprint density at radius 2 is 2.08 bits per heavy atom. The maximum Gasteiger partial charge on any atom is 0.234 e. The minimum atomic E-state index is -0.678. The lowest BCUT2D eigenvalue weighted by molar-refractivity contribution is -0.118. The highest BCUT2D eigenvalue weighted by atomic mass is 35.5. The summed E-state index contributed by atoms with van der Waals surface area (Å²) in [6, 6.07) is 12.5. The largest absolute Gasteiger partial charge is 0.468 e. The molecule has 0 spiro atoms. The molecule has 3 heterocycles. The van der Waals surface area contributed by atoms with Gasteiger partial charge in [-0.2, -0.15) is 5.26 Å². The second-order valence-electron chi connectivity index (χ2n) is 9.69. The Labute approximate surface area is 232 Å². The van der Waals surface area contributed by atoms with Crippen LogP contribution in [0.25, 0.3) is 0 Å². The van der Waals surface area contributed by atoms with Crippen LogP contribution in [0.1, 0.15) is 38.4 Å². The number of halogens is 1. The summed E-state index contributed by atoms with van der Waals surface area (Å²) in [4.78, 5) is 27.5. The summed E-state index contributed by atoms with van der Waals surface area (Å²) in [6.07, 6.45) is 2.41. The summed E-state index contributed by atoms with van der Waals surface area (Å²) in [5.41, 5.74) is 8.33. The van der Waals surface area contributed by atoms with E-state index in [1.165, 1.54) is 29.4 Å². The second kappa shape index (κ2) is 10.3. The smallest absolute Gasteiger partial charge is 0.234 e. The highest BCUT2D eigenvalue weighted by Gasteiger charge is 2.46. The zero-order valence-corrected chi connectivity index (χ0v) is 22.9. The molecule has 194 valence electrons. The zero-order chi connectivity index (χ0) is 27.0.